The third kappa shape index (κ3) is 1.57. The monoisotopic (exact) mass is 229 g/mol. The molecule has 3 rings (SSSR count). The Morgan fingerprint density at radius 2 is 2.44 bits per heavy atom. The summed E-state index contributed by atoms with van der Waals surface area (Å²) in [5.41, 5.74) is 2.62. The molecule has 0 radical (unpaired) electrons. The van der Waals surface area contributed by atoms with E-state index in [0.717, 1.165) is 16.9 Å². The molecule has 16 heavy (non-hydrogen) atoms. The predicted molar refractivity (Wildman–Crippen MR) is 65.2 cm³/mol. The van der Waals surface area contributed by atoms with Gasteiger partial charge in [-0.1, -0.05) is 0 Å². The van der Waals surface area contributed by atoms with Crippen LogP contribution < -0.4 is 0 Å². The predicted octanol–water partition coefficient (Wildman–Crippen LogP) is 3.00. The minimum Gasteiger partial charge on any atom is -0.341 e. The summed E-state index contributed by atoms with van der Waals surface area (Å²) in [5, 5.41) is 9.34. The number of imidazole rings is 1. The second-order valence-electron chi connectivity index (χ2n) is 3.97. The van der Waals surface area contributed by atoms with Gasteiger partial charge in [0.1, 0.15) is 5.82 Å². The lowest BCUT2D eigenvalue weighted by Gasteiger charge is -2.01. The largest absolute Gasteiger partial charge is 0.341 e. The van der Waals surface area contributed by atoms with Gasteiger partial charge < -0.3 is 4.98 Å². The maximum atomic E-state index is 8.83. The molecule has 80 valence electrons. The van der Waals surface area contributed by atoms with Crippen LogP contribution >= 0.6 is 11.8 Å². The van der Waals surface area contributed by atoms with Gasteiger partial charge in [-0.3, -0.25) is 0 Å². The highest BCUT2D eigenvalue weighted by molar-refractivity contribution is 7.99. The lowest BCUT2D eigenvalue weighted by molar-refractivity contribution is 0.793. The second-order valence-corrected chi connectivity index (χ2v) is 5.28. The van der Waals surface area contributed by atoms with Gasteiger partial charge in [-0.15, -0.1) is 0 Å². The summed E-state index contributed by atoms with van der Waals surface area (Å²) in [4.78, 5) is 7.91. The zero-order valence-electron chi connectivity index (χ0n) is 8.73. The van der Waals surface area contributed by atoms with E-state index in [-0.39, 0.29) is 0 Å². The van der Waals surface area contributed by atoms with Crippen molar-refractivity contribution in [1.29, 1.82) is 5.26 Å². The molecule has 0 aliphatic carbocycles. The molecule has 1 aromatic carbocycles. The number of hydrogen-bond donors (Lipinski definition) is 1. The lowest BCUT2D eigenvalue weighted by Crippen LogP contribution is -1.90. The van der Waals surface area contributed by atoms with E-state index in [2.05, 4.69) is 16.0 Å². The Labute approximate surface area is 97.9 Å². The molecule has 0 bridgehead atoms. The van der Waals surface area contributed by atoms with Crippen molar-refractivity contribution < 1.29 is 0 Å². The molecule has 2 heterocycles. The van der Waals surface area contributed by atoms with Crippen LogP contribution in [0, 0.1) is 11.3 Å². The normalized spacial score (nSPS) is 20.1. The fourth-order valence-corrected chi connectivity index (χ4v) is 3.27. The third-order valence-electron chi connectivity index (χ3n) is 2.86. The molecule has 3 nitrogen and oxygen atoms in total. The molecule has 2 aromatic rings. The van der Waals surface area contributed by atoms with Gasteiger partial charge in [0.05, 0.1) is 27.9 Å². The zero-order valence-corrected chi connectivity index (χ0v) is 9.55. The van der Waals surface area contributed by atoms with Gasteiger partial charge in [0.25, 0.3) is 0 Å². The molecule has 1 atom stereocenters. The Balaban J connectivity index is 2.05. The zero-order chi connectivity index (χ0) is 11.0. The third-order valence-corrected chi connectivity index (χ3v) is 4.25. The van der Waals surface area contributed by atoms with Gasteiger partial charge in [-0.05, 0) is 36.8 Å². The number of rotatable bonds is 1. The molecular formula is C12H11N3S. The molecule has 0 amide bonds. The smallest absolute Gasteiger partial charge is 0.120 e. The Morgan fingerprint density at radius 1 is 1.50 bits per heavy atom. The van der Waals surface area contributed by atoms with Gasteiger partial charge in [-0.25, -0.2) is 4.98 Å². The van der Waals surface area contributed by atoms with Crippen LogP contribution in [0.4, 0.5) is 0 Å². The number of thioether (sulfide) groups is 1. The quantitative estimate of drug-likeness (QED) is 0.817. The number of aromatic amines is 1. The first-order valence-corrected chi connectivity index (χ1v) is 6.43. The fourth-order valence-electron chi connectivity index (χ4n) is 2.04. The Kier molecular flexibility index (Phi) is 2.33. The number of H-pyrrole nitrogens is 1. The van der Waals surface area contributed by atoms with E-state index in [4.69, 9.17) is 5.26 Å². The van der Waals surface area contributed by atoms with Crippen molar-refractivity contribution in [3.05, 3.63) is 29.6 Å². The van der Waals surface area contributed by atoms with E-state index in [1.165, 1.54) is 18.6 Å². The summed E-state index contributed by atoms with van der Waals surface area (Å²) >= 11 is 1.96. The molecule has 1 aliphatic heterocycles. The van der Waals surface area contributed by atoms with Crippen LogP contribution in [-0.2, 0) is 0 Å². The first-order valence-electron chi connectivity index (χ1n) is 5.38. The molecule has 1 N–H and O–H groups in total. The number of fused-ring (bicyclic) bond motifs is 1. The van der Waals surface area contributed by atoms with Gasteiger partial charge in [0.15, 0.2) is 0 Å². The Morgan fingerprint density at radius 3 is 3.19 bits per heavy atom. The van der Waals surface area contributed by atoms with E-state index >= 15 is 0 Å². The average Bonchev–Trinajstić information content (AvgIpc) is 2.96. The first-order chi connectivity index (χ1) is 7.86. The number of nitriles is 1. The van der Waals surface area contributed by atoms with Crippen LogP contribution in [0.25, 0.3) is 11.0 Å². The molecular weight excluding hydrogens is 218 g/mol. The van der Waals surface area contributed by atoms with Crippen molar-refractivity contribution in [2.75, 3.05) is 5.75 Å². The van der Waals surface area contributed by atoms with Crippen molar-refractivity contribution in [2.45, 2.75) is 18.1 Å². The van der Waals surface area contributed by atoms with E-state index in [1.807, 2.05) is 30.0 Å². The summed E-state index contributed by atoms with van der Waals surface area (Å²) in [6.07, 6.45) is 2.48. The molecule has 1 unspecified atom stereocenters. The second kappa shape index (κ2) is 3.84. The number of nitrogens with zero attached hydrogens (tertiary/aromatic N) is 2. The summed E-state index contributed by atoms with van der Waals surface area (Å²) in [5.74, 6) is 2.29. The highest BCUT2D eigenvalue weighted by atomic mass is 32.2. The van der Waals surface area contributed by atoms with Crippen LogP contribution in [0.15, 0.2) is 18.2 Å². The van der Waals surface area contributed by atoms with Crippen LogP contribution in [0.2, 0.25) is 0 Å². The van der Waals surface area contributed by atoms with Crippen molar-refractivity contribution in [1.82, 2.24) is 9.97 Å². The van der Waals surface area contributed by atoms with Crippen LogP contribution in [0.3, 0.4) is 0 Å². The highest BCUT2D eigenvalue weighted by Gasteiger charge is 2.20. The van der Waals surface area contributed by atoms with Gasteiger partial charge in [-0.2, -0.15) is 17.0 Å². The summed E-state index contributed by atoms with van der Waals surface area (Å²) < 4.78 is 0. The maximum absolute atomic E-state index is 8.83. The van der Waals surface area contributed by atoms with Gasteiger partial charge in [0, 0.05) is 0 Å². The van der Waals surface area contributed by atoms with Crippen molar-refractivity contribution in [2.24, 2.45) is 0 Å². The van der Waals surface area contributed by atoms with Crippen molar-refractivity contribution in [3.8, 4) is 6.07 Å². The highest BCUT2D eigenvalue weighted by Crippen LogP contribution is 2.38. The minimum atomic E-state index is 0.512. The molecule has 1 saturated heterocycles. The SMILES string of the molecule is N#Cc1ccc2nc(C3CCCS3)[nH]c2c1. The topological polar surface area (TPSA) is 52.5 Å². The van der Waals surface area contributed by atoms with Gasteiger partial charge in [0.2, 0.25) is 0 Å². The van der Waals surface area contributed by atoms with Crippen molar-refractivity contribution >= 4 is 22.8 Å². The number of benzene rings is 1. The summed E-state index contributed by atoms with van der Waals surface area (Å²) in [6, 6.07) is 7.74. The molecule has 0 saturated carbocycles. The molecule has 1 aliphatic rings. The average molecular weight is 229 g/mol. The summed E-state index contributed by atoms with van der Waals surface area (Å²) in [7, 11) is 0. The molecule has 1 fully saturated rings. The van der Waals surface area contributed by atoms with Crippen molar-refractivity contribution in [3.63, 3.8) is 0 Å². The first kappa shape index (κ1) is 9.73. The van der Waals surface area contributed by atoms with E-state index in [9.17, 15) is 0 Å². The van der Waals surface area contributed by atoms with Crippen LogP contribution in [0.1, 0.15) is 29.5 Å². The molecule has 1 aromatic heterocycles. The van der Waals surface area contributed by atoms with Crippen LogP contribution in [-0.4, -0.2) is 15.7 Å². The minimum absolute atomic E-state index is 0.512. The standard InChI is InChI=1S/C12H11N3S/c13-7-8-3-4-9-10(6-8)15-12(14-9)11-2-1-5-16-11/h3-4,6,11H,1-2,5H2,(H,14,15). The number of nitrogens with one attached hydrogen (secondary N) is 1. The van der Waals surface area contributed by atoms with E-state index < -0.39 is 0 Å². The van der Waals surface area contributed by atoms with Gasteiger partial charge >= 0.3 is 0 Å². The fraction of sp³-hybridized carbons (Fsp3) is 0.333. The number of aromatic nitrogens is 2. The lowest BCUT2D eigenvalue weighted by atomic mass is 10.2. The Bertz CT molecular complexity index is 561. The number of hydrogen-bond acceptors (Lipinski definition) is 3. The van der Waals surface area contributed by atoms with E-state index in [1.54, 1.807) is 0 Å². The van der Waals surface area contributed by atoms with E-state index in [0.29, 0.717) is 10.8 Å². The Hall–Kier alpha value is -1.47. The molecule has 0 spiro atoms. The molecule has 4 heteroatoms. The maximum Gasteiger partial charge on any atom is 0.120 e. The summed E-state index contributed by atoms with van der Waals surface area (Å²) in [6.45, 7) is 0. The van der Waals surface area contributed by atoms with Crippen LogP contribution in [0.5, 0.6) is 0 Å².